The second kappa shape index (κ2) is 3.60. The lowest BCUT2D eigenvalue weighted by Gasteiger charge is -2.32. The quantitative estimate of drug-likeness (QED) is 0.713. The highest BCUT2D eigenvalue weighted by Gasteiger charge is 2.50. The van der Waals surface area contributed by atoms with Crippen LogP contribution in [-0.2, 0) is 22.7 Å². The normalized spacial score (nSPS) is 22.7. The van der Waals surface area contributed by atoms with Gasteiger partial charge in [-0.2, -0.15) is 5.10 Å². The van der Waals surface area contributed by atoms with Crippen molar-refractivity contribution in [3.63, 3.8) is 0 Å². The van der Waals surface area contributed by atoms with E-state index in [0.29, 0.717) is 6.32 Å². The van der Waals surface area contributed by atoms with E-state index < -0.39 is 0 Å². The van der Waals surface area contributed by atoms with Crippen LogP contribution in [0.3, 0.4) is 0 Å². The number of aryl methyl sites for hydroxylation is 1. The first-order valence-electron chi connectivity index (χ1n) is 5.64. The van der Waals surface area contributed by atoms with Crippen LogP contribution >= 0.6 is 0 Å². The van der Waals surface area contributed by atoms with E-state index in [-0.39, 0.29) is 18.3 Å². The van der Waals surface area contributed by atoms with Crippen molar-refractivity contribution in [1.82, 2.24) is 9.78 Å². The van der Waals surface area contributed by atoms with Crippen molar-refractivity contribution >= 4 is 7.12 Å². The Labute approximate surface area is 97.1 Å². The average molecular weight is 222 g/mol. The molecule has 5 heteroatoms. The van der Waals surface area contributed by atoms with Crippen LogP contribution in [0.15, 0.2) is 12.3 Å². The van der Waals surface area contributed by atoms with Crippen molar-refractivity contribution in [2.45, 2.75) is 45.2 Å². The van der Waals surface area contributed by atoms with Crippen LogP contribution in [0.2, 0.25) is 0 Å². The second-order valence-electron chi connectivity index (χ2n) is 5.37. The van der Waals surface area contributed by atoms with E-state index in [0.717, 1.165) is 5.69 Å². The third kappa shape index (κ3) is 2.02. The summed E-state index contributed by atoms with van der Waals surface area (Å²) < 4.78 is 13.6. The van der Waals surface area contributed by atoms with Crippen LogP contribution in [0.1, 0.15) is 33.4 Å². The van der Waals surface area contributed by atoms with Gasteiger partial charge < -0.3 is 9.31 Å². The molecule has 0 aromatic carbocycles. The molecule has 1 saturated heterocycles. The van der Waals surface area contributed by atoms with Gasteiger partial charge in [-0.15, -0.1) is 0 Å². The Hall–Kier alpha value is -0.805. The Morgan fingerprint density at radius 1 is 1.25 bits per heavy atom. The van der Waals surface area contributed by atoms with Crippen molar-refractivity contribution in [2.75, 3.05) is 0 Å². The monoisotopic (exact) mass is 222 g/mol. The molecule has 0 amide bonds. The van der Waals surface area contributed by atoms with Gasteiger partial charge in [0.1, 0.15) is 0 Å². The molecular weight excluding hydrogens is 203 g/mol. The average Bonchev–Trinajstić information content (AvgIpc) is 2.56. The maximum atomic E-state index is 5.91. The predicted molar refractivity (Wildman–Crippen MR) is 63.0 cm³/mol. The number of hydrogen-bond acceptors (Lipinski definition) is 3. The van der Waals surface area contributed by atoms with Crippen LogP contribution in [0.4, 0.5) is 0 Å². The minimum Gasteiger partial charge on any atom is -0.403 e. The summed E-state index contributed by atoms with van der Waals surface area (Å²) in [6.07, 6.45) is 2.63. The molecule has 1 aliphatic heterocycles. The van der Waals surface area contributed by atoms with Crippen LogP contribution in [0, 0.1) is 0 Å². The molecular formula is C11H19BN2O2. The highest BCUT2D eigenvalue weighted by atomic mass is 16.7. The van der Waals surface area contributed by atoms with Gasteiger partial charge >= 0.3 is 7.12 Å². The van der Waals surface area contributed by atoms with Gasteiger partial charge in [0.2, 0.25) is 0 Å². The topological polar surface area (TPSA) is 36.3 Å². The van der Waals surface area contributed by atoms with E-state index in [2.05, 4.69) is 32.8 Å². The Bertz CT molecular complexity index is 371. The third-order valence-corrected chi connectivity index (χ3v) is 3.45. The summed E-state index contributed by atoms with van der Waals surface area (Å²) in [4.78, 5) is 0. The molecule has 0 bridgehead atoms. The van der Waals surface area contributed by atoms with Crippen LogP contribution in [0.25, 0.3) is 0 Å². The lowest BCUT2D eigenvalue weighted by molar-refractivity contribution is 0.00578. The highest BCUT2D eigenvalue weighted by molar-refractivity contribution is 6.44. The Morgan fingerprint density at radius 2 is 1.81 bits per heavy atom. The van der Waals surface area contributed by atoms with Crippen LogP contribution in [0.5, 0.6) is 0 Å². The zero-order chi connectivity index (χ0) is 12.0. The molecule has 0 atom stereocenters. The minimum absolute atomic E-state index is 0.195. The molecule has 0 saturated carbocycles. The fourth-order valence-corrected chi connectivity index (χ4v) is 1.79. The summed E-state index contributed by atoms with van der Waals surface area (Å²) in [6.45, 7) is 8.24. The first kappa shape index (κ1) is 11.7. The van der Waals surface area contributed by atoms with E-state index in [1.807, 2.05) is 19.3 Å². The maximum absolute atomic E-state index is 5.91. The molecule has 0 aliphatic carbocycles. The molecule has 2 heterocycles. The maximum Gasteiger partial charge on any atom is 0.464 e. The molecule has 0 spiro atoms. The summed E-state index contributed by atoms with van der Waals surface area (Å²) in [5.41, 5.74) is 0.486. The molecule has 0 unspecified atom stereocenters. The van der Waals surface area contributed by atoms with Crippen molar-refractivity contribution in [3.8, 4) is 0 Å². The molecule has 88 valence electrons. The van der Waals surface area contributed by atoms with Crippen molar-refractivity contribution in [1.29, 1.82) is 0 Å². The summed E-state index contributed by atoms with van der Waals surface area (Å²) in [5, 5.41) is 4.33. The summed E-state index contributed by atoms with van der Waals surface area (Å²) in [7, 11) is 1.72. The van der Waals surface area contributed by atoms with Gasteiger partial charge in [0.05, 0.1) is 16.9 Å². The Morgan fingerprint density at radius 3 is 2.25 bits per heavy atom. The van der Waals surface area contributed by atoms with Gasteiger partial charge in [-0.05, 0) is 33.8 Å². The van der Waals surface area contributed by atoms with Gasteiger partial charge in [0.15, 0.2) is 0 Å². The SMILES string of the molecule is Cn1ccc(CB2OC(C)(C)C(C)(C)O2)n1. The number of hydrogen-bond donors (Lipinski definition) is 0. The van der Waals surface area contributed by atoms with Crippen molar-refractivity contribution in [2.24, 2.45) is 7.05 Å². The highest BCUT2D eigenvalue weighted by Crippen LogP contribution is 2.37. The van der Waals surface area contributed by atoms with Crippen molar-refractivity contribution in [3.05, 3.63) is 18.0 Å². The van der Waals surface area contributed by atoms with Gasteiger partial charge in [-0.1, -0.05) is 0 Å². The fraction of sp³-hybridized carbons (Fsp3) is 0.727. The lowest BCUT2D eigenvalue weighted by Crippen LogP contribution is -2.41. The Balaban J connectivity index is 2.04. The smallest absolute Gasteiger partial charge is 0.403 e. The van der Waals surface area contributed by atoms with E-state index in [1.54, 1.807) is 4.68 Å². The second-order valence-corrected chi connectivity index (χ2v) is 5.37. The largest absolute Gasteiger partial charge is 0.464 e. The molecule has 0 N–H and O–H groups in total. The van der Waals surface area contributed by atoms with E-state index in [1.165, 1.54) is 0 Å². The summed E-state index contributed by atoms with van der Waals surface area (Å²) >= 11 is 0. The van der Waals surface area contributed by atoms with Crippen LogP contribution < -0.4 is 0 Å². The number of rotatable bonds is 2. The molecule has 0 radical (unpaired) electrons. The molecule has 4 nitrogen and oxygen atoms in total. The first-order valence-corrected chi connectivity index (χ1v) is 5.64. The molecule has 1 aromatic heterocycles. The predicted octanol–water partition coefficient (Wildman–Crippen LogP) is 1.59. The van der Waals surface area contributed by atoms with Gasteiger partial charge in [-0.3, -0.25) is 4.68 Å². The van der Waals surface area contributed by atoms with E-state index in [9.17, 15) is 0 Å². The fourth-order valence-electron chi connectivity index (χ4n) is 1.79. The first-order chi connectivity index (χ1) is 7.30. The molecule has 1 fully saturated rings. The molecule has 16 heavy (non-hydrogen) atoms. The zero-order valence-electron chi connectivity index (χ0n) is 10.7. The summed E-state index contributed by atoms with van der Waals surface area (Å²) in [6, 6.07) is 1.99. The van der Waals surface area contributed by atoms with Gasteiger partial charge in [0, 0.05) is 19.6 Å². The number of nitrogens with zero attached hydrogens (tertiary/aromatic N) is 2. The molecule has 1 aromatic rings. The van der Waals surface area contributed by atoms with Gasteiger partial charge in [0.25, 0.3) is 0 Å². The third-order valence-electron chi connectivity index (χ3n) is 3.45. The van der Waals surface area contributed by atoms with Crippen molar-refractivity contribution < 1.29 is 9.31 Å². The number of aromatic nitrogens is 2. The summed E-state index contributed by atoms with van der Waals surface area (Å²) in [5.74, 6) is 0. The van der Waals surface area contributed by atoms with E-state index >= 15 is 0 Å². The lowest BCUT2D eigenvalue weighted by atomic mass is 9.83. The minimum atomic E-state index is -0.257. The van der Waals surface area contributed by atoms with Gasteiger partial charge in [-0.25, -0.2) is 0 Å². The zero-order valence-corrected chi connectivity index (χ0v) is 10.7. The standard InChI is InChI=1S/C11H19BN2O2/c1-10(2)11(3,4)16-12(15-10)8-9-6-7-14(5)13-9/h6-7H,8H2,1-5H3. The molecule has 1 aliphatic rings. The van der Waals surface area contributed by atoms with E-state index in [4.69, 9.17) is 9.31 Å². The Kier molecular flexibility index (Phi) is 2.63. The van der Waals surface area contributed by atoms with Crippen LogP contribution in [-0.4, -0.2) is 28.1 Å². The molecule has 2 rings (SSSR count).